The normalized spacial score (nSPS) is 22.9. The Balaban J connectivity index is 2.48. The van der Waals surface area contributed by atoms with Crippen LogP contribution < -0.4 is 9.47 Å². The van der Waals surface area contributed by atoms with E-state index < -0.39 is 11.6 Å². The summed E-state index contributed by atoms with van der Waals surface area (Å²) in [6.07, 6.45) is 0. The van der Waals surface area contributed by atoms with Gasteiger partial charge in [-0.1, -0.05) is 12.1 Å². The third-order valence-corrected chi connectivity index (χ3v) is 2.78. The Morgan fingerprint density at radius 2 is 1.88 bits per heavy atom. The smallest absolute Gasteiger partial charge is 0.351 e. The van der Waals surface area contributed by atoms with Gasteiger partial charge in [-0.2, -0.15) is 0 Å². The summed E-state index contributed by atoms with van der Waals surface area (Å²) in [5.74, 6) is 0.175. The van der Waals surface area contributed by atoms with Gasteiger partial charge in [0.1, 0.15) is 6.61 Å². The van der Waals surface area contributed by atoms with Gasteiger partial charge in [0.25, 0.3) is 0 Å². The molecule has 0 spiro atoms. The number of aryl methyl sites for hydroxylation is 2. The fraction of sp³-hybridized carbons (Fsp3) is 0.417. The summed E-state index contributed by atoms with van der Waals surface area (Å²) in [6.45, 7) is 5.32. The van der Waals surface area contributed by atoms with Crippen LogP contribution in [0.1, 0.15) is 18.1 Å². The molecule has 4 heteroatoms. The summed E-state index contributed by atoms with van der Waals surface area (Å²) < 4.78 is 11.1. The van der Waals surface area contributed by atoms with Crippen molar-refractivity contribution in [2.24, 2.45) is 0 Å². The van der Waals surface area contributed by atoms with Gasteiger partial charge in [-0.15, -0.1) is 0 Å². The second-order valence-corrected chi connectivity index (χ2v) is 4.28. The Kier molecular flexibility index (Phi) is 2.30. The lowest BCUT2D eigenvalue weighted by atomic mass is 10.0. The average Bonchev–Trinajstić information content (AvgIpc) is 2.23. The molecule has 0 radical (unpaired) electrons. The van der Waals surface area contributed by atoms with Crippen molar-refractivity contribution in [3.05, 3.63) is 23.3 Å². The Labute approximate surface area is 93.8 Å². The summed E-state index contributed by atoms with van der Waals surface area (Å²) in [5.41, 5.74) is 0.534. The summed E-state index contributed by atoms with van der Waals surface area (Å²) in [5, 5.41) is 9.08. The number of hydrogen-bond donors (Lipinski definition) is 1. The first-order chi connectivity index (χ1) is 7.44. The van der Waals surface area contributed by atoms with E-state index in [1.54, 1.807) is 0 Å². The number of fused-ring (bicyclic) bond motifs is 1. The molecule has 0 saturated heterocycles. The predicted molar refractivity (Wildman–Crippen MR) is 58.1 cm³/mol. The van der Waals surface area contributed by atoms with Gasteiger partial charge in [0.05, 0.1) is 0 Å². The second kappa shape index (κ2) is 3.40. The maximum Gasteiger partial charge on any atom is 0.351 e. The van der Waals surface area contributed by atoms with Crippen molar-refractivity contribution in [3.8, 4) is 11.5 Å². The number of rotatable bonds is 1. The average molecular weight is 222 g/mol. The Bertz CT molecular complexity index is 453. The molecular formula is C12H14O4. The Morgan fingerprint density at radius 3 is 2.44 bits per heavy atom. The van der Waals surface area contributed by atoms with Crippen molar-refractivity contribution in [2.45, 2.75) is 26.4 Å². The number of ether oxygens (including phenoxy) is 2. The van der Waals surface area contributed by atoms with Crippen LogP contribution in [0.2, 0.25) is 0 Å². The topological polar surface area (TPSA) is 55.8 Å². The molecule has 0 bridgehead atoms. The minimum Gasteiger partial charge on any atom is -0.485 e. The maximum atomic E-state index is 11.1. The van der Waals surface area contributed by atoms with E-state index in [1.165, 1.54) is 6.92 Å². The van der Waals surface area contributed by atoms with Gasteiger partial charge < -0.3 is 14.6 Å². The van der Waals surface area contributed by atoms with E-state index in [4.69, 9.17) is 14.6 Å². The predicted octanol–water partition coefficient (Wildman–Crippen LogP) is 1.92. The molecule has 0 fully saturated rings. The van der Waals surface area contributed by atoms with Crippen molar-refractivity contribution in [2.75, 3.05) is 6.61 Å². The van der Waals surface area contributed by atoms with Crippen LogP contribution >= 0.6 is 0 Å². The van der Waals surface area contributed by atoms with Gasteiger partial charge in [0.2, 0.25) is 5.60 Å². The molecule has 86 valence electrons. The number of aliphatic carboxylic acids is 1. The number of carboxylic acids is 1. The van der Waals surface area contributed by atoms with Gasteiger partial charge in [-0.05, 0) is 31.9 Å². The minimum atomic E-state index is -1.30. The summed E-state index contributed by atoms with van der Waals surface area (Å²) in [4.78, 5) is 11.1. The third kappa shape index (κ3) is 1.50. The Hall–Kier alpha value is -1.71. The molecule has 0 aromatic heterocycles. The van der Waals surface area contributed by atoms with Crippen molar-refractivity contribution < 1.29 is 19.4 Å². The number of carboxylic acid groups (broad SMARTS) is 1. The highest BCUT2D eigenvalue weighted by Gasteiger charge is 2.41. The molecule has 4 nitrogen and oxygen atoms in total. The zero-order valence-electron chi connectivity index (χ0n) is 9.53. The minimum absolute atomic E-state index is 0.0274. The van der Waals surface area contributed by atoms with Crippen molar-refractivity contribution in [3.63, 3.8) is 0 Å². The lowest BCUT2D eigenvalue weighted by Crippen LogP contribution is -2.49. The van der Waals surface area contributed by atoms with Gasteiger partial charge in [-0.25, -0.2) is 4.79 Å². The van der Waals surface area contributed by atoms with Gasteiger partial charge in [-0.3, -0.25) is 0 Å². The van der Waals surface area contributed by atoms with Gasteiger partial charge in [0.15, 0.2) is 11.5 Å². The highest BCUT2D eigenvalue weighted by atomic mass is 16.6. The highest BCUT2D eigenvalue weighted by molar-refractivity contribution is 5.78. The van der Waals surface area contributed by atoms with E-state index in [9.17, 15) is 4.79 Å². The molecule has 1 atom stereocenters. The van der Waals surface area contributed by atoms with E-state index in [-0.39, 0.29) is 6.61 Å². The number of benzene rings is 1. The van der Waals surface area contributed by atoms with Crippen LogP contribution in [0.5, 0.6) is 11.5 Å². The van der Waals surface area contributed by atoms with Crippen LogP contribution in [0.15, 0.2) is 12.1 Å². The molecule has 0 saturated carbocycles. The molecule has 0 aliphatic carbocycles. The summed E-state index contributed by atoms with van der Waals surface area (Å²) in [6, 6.07) is 3.83. The maximum absolute atomic E-state index is 11.1. The molecule has 0 amide bonds. The number of carbonyl (C=O) groups is 1. The first-order valence-corrected chi connectivity index (χ1v) is 5.09. The SMILES string of the molecule is Cc1ccc(C)c2c1OC[C@](C)(C(=O)O)O2. The molecule has 1 aliphatic rings. The third-order valence-electron chi connectivity index (χ3n) is 2.78. The fourth-order valence-electron chi connectivity index (χ4n) is 1.64. The molecule has 0 unspecified atom stereocenters. The van der Waals surface area contributed by atoms with Crippen molar-refractivity contribution >= 4 is 5.97 Å². The van der Waals surface area contributed by atoms with Gasteiger partial charge >= 0.3 is 5.97 Å². The zero-order valence-corrected chi connectivity index (χ0v) is 9.53. The number of hydrogen-bond acceptors (Lipinski definition) is 3. The van der Waals surface area contributed by atoms with Crippen LogP contribution in [0.4, 0.5) is 0 Å². The monoisotopic (exact) mass is 222 g/mol. The van der Waals surface area contributed by atoms with E-state index in [0.717, 1.165) is 11.1 Å². The van der Waals surface area contributed by atoms with E-state index in [1.807, 2.05) is 26.0 Å². The lowest BCUT2D eigenvalue weighted by molar-refractivity contribution is -0.158. The van der Waals surface area contributed by atoms with Crippen LogP contribution in [-0.2, 0) is 4.79 Å². The van der Waals surface area contributed by atoms with Crippen molar-refractivity contribution in [1.82, 2.24) is 0 Å². The van der Waals surface area contributed by atoms with Crippen molar-refractivity contribution in [1.29, 1.82) is 0 Å². The van der Waals surface area contributed by atoms with E-state index in [2.05, 4.69) is 0 Å². The molecule has 1 aromatic rings. The molecule has 2 rings (SSSR count). The first kappa shape index (κ1) is 10.8. The lowest BCUT2D eigenvalue weighted by Gasteiger charge is -2.33. The molecule has 1 N–H and O–H groups in total. The molecule has 1 heterocycles. The van der Waals surface area contributed by atoms with Crippen LogP contribution in [-0.4, -0.2) is 23.3 Å². The quantitative estimate of drug-likeness (QED) is 0.788. The van der Waals surface area contributed by atoms with Gasteiger partial charge in [0, 0.05) is 0 Å². The summed E-state index contributed by atoms with van der Waals surface area (Å²) in [7, 11) is 0. The Morgan fingerprint density at radius 1 is 1.31 bits per heavy atom. The second-order valence-electron chi connectivity index (χ2n) is 4.28. The largest absolute Gasteiger partial charge is 0.485 e. The molecule has 1 aliphatic heterocycles. The van der Waals surface area contributed by atoms with E-state index >= 15 is 0 Å². The molecule has 1 aromatic carbocycles. The van der Waals surface area contributed by atoms with Crippen LogP contribution in [0.25, 0.3) is 0 Å². The fourth-order valence-corrected chi connectivity index (χ4v) is 1.64. The van der Waals surface area contributed by atoms with Crippen LogP contribution in [0, 0.1) is 13.8 Å². The molecule has 16 heavy (non-hydrogen) atoms. The zero-order chi connectivity index (χ0) is 11.9. The highest BCUT2D eigenvalue weighted by Crippen LogP contribution is 2.40. The van der Waals surface area contributed by atoms with E-state index in [0.29, 0.717) is 11.5 Å². The standard InChI is InChI=1S/C12H14O4/c1-7-4-5-8(2)10-9(7)15-6-12(3,16-10)11(13)14/h4-5H,6H2,1-3H3,(H,13,14)/t12-/m1/s1. The van der Waals surface area contributed by atoms with Crippen LogP contribution in [0.3, 0.4) is 0 Å². The summed E-state index contributed by atoms with van der Waals surface area (Å²) >= 11 is 0. The molecular weight excluding hydrogens is 208 g/mol. The first-order valence-electron chi connectivity index (χ1n) is 5.09.